The summed E-state index contributed by atoms with van der Waals surface area (Å²) in [6.45, 7) is 5.38. The fraction of sp³-hybridized carbons (Fsp3) is 0.333. The number of benzene rings is 1. The Bertz CT molecular complexity index is 971. The van der Waals surface area contributed by atoms with Crippen LogP contribution in [-0.2, 0) is 6.54 Å². The van der Waals surface area contributed by atoms with Gasteiger partial charge in [0.15, 0.2) is 0 Å². The quantitative estimate of drug-likeness (QED) is 0.656. The number of nitrogens with zero attached hydrogens (tertiary/aromatic N) is 2. The fourth-order valence-electron chi connectivity index (χ4n) is 3.35. The van der Waals surface area contributed by atoms with Crippen molar-refractivity contribution in [1.29, 1.82) is 0 Å². The summed E-state index contributed by atoms with van der Waals surface area (Å²) in [4.78, 5) is 16.0. The molecule has 2 heterocycles. The van der Waals surface area contributed by atoms with Crippen LogP contribution in [0.1, 0.15) is 48.5 Å². The Morgan fingerprint density at radius 3 is 2.81 bits per heavy atom. The minimum Gasteiger partial charge on any atom is -0.478 e. The van der Waals surface area contributed by atoms with Crippen LogP contribution in [0.3, 0.4) is 0 Å². The summed E-state index contributed by atoms with van der Waals surface area (Å²) in [7, 11) is 0. The highest BCUT2D eigenvalue weighted by Gasteiger charge is 2.26. The molecule has 0 unspecified atom stereocenters. The van der Waals surface area contributed by atoms with Crippen molar-refractivity contribution in [3.63, 3.8) is 0 Å². The lowest BCUT2D eigenvalue weighted by atomic mass is 10.1. The Hall–Kier alpha value is -2.82. The van der Waals surface area contributed by atoms with Crippen molar-refractivity contribution in [2.24, 2.45) is 5.92 Å². The average molecular weight is 349 g/mol. The predicted octanol–water partition coefficient (Wildman–Crippen LogP) is 5.01. The molecule has 3 aromatic rings. The Morgan fingerprint density at radius 2 is 2.12 bits per heavy atom. The predicted molar refractivity (Wildman–Crippen MR) is 103 cm³/mol. The lowest BCUT2D eigenvalue weighted by molar-refractivity contribution is 0.0697. The van der Waals surface area contributed by atoms with Crippen molar-refractivity contribution in [2.45, 2.75) is 39.2 Å². The topological polar surface area (TPSA) is 67.2 Å². The molecule has 5 nitrogen and oxygen atoms in total. The molecule has 1 saturated carbocycles. The Labute approximate surface area is 152 Å². The van der Waals surface area contributed by atoms with Crippen LogP contribution in [0.4, 0.5) is 11.5 Å². The first-order chi connectivity index (χ1) is 12.5. The summed E-state index contributed by atoms with van der Waals surface area (Å²) in [6, 6.07) is 9.92. The summed E-state index contributed by atoms with van der Waals surface area (Å²) >= 11 is 0. The first-order valence-electron chi connectivity index (χ1n) is 9.10. The zero-order valence-corrected chi connectivity index (χ0v) is 15.1. The van der Waals surface area contributed by atoms with Crippen LogP contribution in [0, 0.1) is 5.92 Å². The van der Waals surface area contributed by atoms with Crippen molar-refractivity contribution in [3.8, 4) is 0 Å². The number of hydrogen-bond acceptors (Lipinski definition) is 3. The number of carboxylic acid groups (broad SMARTS) is 1. The molecule has 4 rings (SSSR count). The molecule has 134 valence electrons. The molecular formula is C21H23N3O2. The highest BCUT2D eigenvalue weighted by Crippen LogP contribution is 2.40. The number of fused-ring (bicyclic) bond motifs is 1. The van der Waals surface area contributed by atoms with Gasteiger partial charge in [-0.1, -0.05) is 13.8 Å². The van der Waals surface area contributed by atoms with E-state index in [1.54, 1.807) is 12.3 Å². The van der Waals surface area contributed by atoms with Gasteiger partial charge in [0.2, 0.25) is 0 Å². The summed E-state index contributed by atoms with van der Waals surface area (Å²) < 4.78 is 2.25. The fourth-order valence-corrected chi connectivity index (χ4v) is 3.35. The molecule has 0 radical (unpaired) electrons. The number of carbonyl (C=O) groups is 1. The third-order valence-electron chi connectivity index (χ3n) is 4.78. The highest BCUT2D eigenvalue weighted by atomic mass is 16.4. The number of anilines is 2. The molecular weight excluding hydrogens is 326 g/mol. The lowest BCUT2D eigenvalue weighted by Gasteiger charge is -2.11. The smallest absolute Gasteiger partial charge is 0.339 e. The van der Waals surface area contributed by atoms with Gasteiger partial charge in [0.05, 0.1) is 0 Å². The molecule has 5 heteroatoms. The average Bonchev–Trinajstić information content (AvgIpc) is 3.38. The minimum atomic E-state index is -0.952. The van der Waals surface area contributed by atoms with Crippen LogP contribution in [0.5, 0.6) is 0 Å². The van der Waals surface area contributed by atoms with Crippen molar-refractivity contribution in [2.75, 3.05) is 5.32 Å². The summed E-state index contributed by atoms with van der Waals surface area (Å²) in [6.07, 6.45) is 6.14. The second kappa shape index (κ2) is 6.48. The van der Waals surface area contributed by atoms with E-state index < -0.39 is 5.97 Å². The molecule has 0 bridgehead atoms. The van der Waals surface area contributed by atoms with E-state index in [2.05, 4.69) is 47.0 Å². The molecule has 0 spiro atoms. The van der Waals surface area contributed by atoms with E-state index >= 15 is 0 Å². The molecule has 0 saturated heterocycles. The second-order valence-electron chi connectivity index (χ2n) is 7.50. The minimum absolute atomic E-state index is 0.229. The molecule has 1 aromatic carbocycles. The third-order valence-corrected chi connectivity index (χ3v) is 4.78. The van der Waals surface area contributed by atoms with Gasteiger partial charge in [-0.2, -0.15) is 0 Å². The zero-order chi connectivity index (χ0) is 18.3. The van der Waals surface area contributed by atoms with Crippen LogP contribution >= 0.6 is 0 Å². The van der Waals surface area contributed by atoms with Crippen LogP contribution < -0.4 is 5.32 Å². The summed E-state index contributed by atoms with van der Waals surface area (Å²) in [5.41, 5.74) is 3.27. The highest BCUT2D eigenvalue weighted by molar-refractivity contribution is 5.94. The number of aromatic carboxylic acids is 1. The molecule has 0 amide bonds. The van der Waals surface area contributed by atoms with Gasteiger partial charge in [0.1, 0.15) is 11.4 Å². The van der Waals surface area contributed by atoms with Gasteiger partial charge in [-0.05, 0) is 60.6 Å². The first kappa shape index (κ1) is 16.6. The maximum atomic E-state index is 11.6. The van der Waals surface area contributed by atoms with E-state index in [0.29, 0.717) is 17.7 Å². The number of nitrogens with one attached hydrogen (secondary N) is 1. The van der Waals surface area contributed by atoms with Crippen molar-refractivity contribution in [3.05, 3.63) is 53.9 Å². The van der Waals surface area contributed by atoms with Crippen molar-refractivity contribution >= 4 is 28.4 Å². The molecule has 1 aliphatic carbocycles. The lowest BCUT2D eigenvalue weighted by Crippen LogP contribution is -2.06. The third kappa shape index (κ3) is 3.29. The van der Waals surface area contributed by atoms with Crippen LogP contribution in [0.15, 0.2) is 42.7 Å². The molecule has 0 aliphatic heterocycles. The number of rotatable bonds is 6. The van der Waals surface area contributed by atoms with Gasteiger partial charge in [-0.15, -0.1) is 0 Å². The normalized spacial score (nSPS) is 14.1. The zero-order valence-electron chi connectivity index (χ0n) is 15.1. The van der Waals surface area contributed by atoms with Gasteiger partial charge in [-0.3, -0.25) is 0 Å². The van der Waals surface area contributed by atoms with Gasteiger partial charge < -0.3 is 15.0 Å². The Kier molecular flexibility index (Phi) is 4.15. The summed E-state index contributed by atoms with van der Waals surface area (Å²) in [5, 5.41) is 13.9. The Balaban J connectivity index is 1.63. The number of pyridine rings is 1. The van der Waals surface area contributed by atoms with E-state index in [1.807, 2.05) is 12.1 Å². The number of hydrogen-bond donors (Lipinski definition) is 2. The maximum Gasteiger partial charge on any atom is 0.339 e. The van der Waals surface area contributed by atoms with E-state index in [-0.39, 0.29) is 5.56 Å². The Morgan fingerprint density at radius 1 is 1.31 bits per heavy atom. The monoisotopic (exact) mass is 349 g/mol. The maximum absolute atomic E-state index is 11.6. The second-order valence-corrected chi connectivity index (χ2v) is 7.50. The van der Waals surface area contributed by atoms with Crippen LogP contribution in [0.25, 0.3) is 10.9 Å². The van der Waals surface area contributed by atoms with Crippen molar-refractivity contribution < 1.29 is 9.90 Å². The standard InChI is InChI=1S/C21H23N3O2/c1-13(2)12-24-8-7-15-9-17(5-6-19(15)24)23-20-18(21(25)26)10-16(11-22-20)14-3-4-14/h5-11,13-14H,3-4,12H2,1-2H3,(H,22,23)(H,25,26). The largest absolute Gasteiger partial charge is 0.478 e. The van der Waals surface area contributed by atoms with E-state index in [4.69, 9.17) is 0 Å². The van der Waals surface area contributed by atoms with Gasteiger partial charge in [-0.25, -0.2) is 9.78 Å². The van der Waals surface area contributed by atoms with Crippen LogP contribution in [-0.4, -0.2) is 20.6 Å². The molecule has 1 fully saturated rings. The van der Waals surface area contributed by atoms with Gasteiger partial charge in [0, 0.05) is 35.5 Å². The number of aromatic nitrogens is 2. The molecule has 26 heavy (non-hydrogen) atoms. The van der Waals surface area contributed by atoms with E-state index in [9.17, 15) is 9.90 Å². The van der Waals surface area contributed by atoms with E-state index in [1.165, 1.54) is 5.52 Å². The van der Waals surface area contributed by atoms with Gasteiger partial charge >= 0.3 is 5.97 Å². The SMILES string of the molecule is CC(C)Cn1ccc2cc(Nc3ncc(C4CC4)cc3C(=O)O)ccc21. The summed E-state index contributed by atoms with van der Waals surface area (Å²) in [5.74, 6) is 0.497. The first-order valence-corrected chi connectivity index (χ1v) is 9.10. The van der Waals surface area contributed by atoms with Gasteiger partial charge in [0.25, 0.3) is 0 Å². The van der Waals surface area contributed by atoms with E-state index in [0.717, 1.165) is 36.0 Å². The molecule has 0 atom stereocenters. The molecule has 1 aliphatic rings. The molecule has 2 aromatic heterocycles. The van der Waals surface area contributed by atoms with Crippen molar-refractivity contribution in [1.82, 2.24) is 9.55 Å². The van der Waals surface area contributed by atoms with Crippen LogP contribution in [0.2, 0.25) is 0 Å². The number of carboxylic acids is 1. The molecule has 2 N–H and O–H groups in total.